The molecule has 0 saturated carbocycles. The highest BCUT2D eigenvalue weighted by atomic mass is 127. The summed E-state index contributed by atoms with van der Waals surface area (Å²) in [5.41, 5.74) is 0. The van der Waals surface area contributed by atoms with Crippen LogP contribution in [0.2, 0.25) is 0 Å². The third kappa shape index (κ3) is 5.93. The van der Waals surface area contributed by atoms with E-state index in [0.29, 0.717) is 19.1 Å². The number of nitrogens with one attached hydrogen (secondary N) is 2. The summed E-state index contributed by atoms with van der Waals surface area (Å²) in [7, 11) is 1.96. The lowest BCUT2D eigenvalue weighted by Gasteiger charge is -2.24. The standard InChI is InChI=1S/C18H29N7O.HI/c1-4-25-9-5-7-15(25)11-19-18(20-12-16-8-6-10-26-16)21-13-17-23-22-14(2)24(17)3;/h6,8,10,15H,4-5,7,9,11-13H2,1-3H3,(H2,19,20,21);1H. The van der Waals surface area contributed by atoms with Gasteiger partial charge in [-0.15, -0.1) is 34.2 Å². The van der Waals surface area contributed by atoms with Crippen LogP contribution in [0.4, 0.5) is 0 Å². The molecule has 0 amide bonds. The van der Waals surface area contributed by atoms with Crippen LogP contribution in [0.15, 0.2) is 27.8 Å². The number of aliphatic imine (C=N–C) groups is 1. The van der Waals surface area contributed by atoms with Crippen molar-refractivity contribution in [2.24, 2.45) is 12.0 Å². The maximum Gasteiger partial charge on any atom is 0.192 e. The first-order valence-electron chi connectivity index (χ1n) is 9.31. The number of hydrogen-bond acceptors (Lipinski definition) is 5. The Hall–Kier alpha value is -1.62. The number of likely N-dealkylation sites (tertiary alicyclic amines) is 1. The van der Waals surface area contributed by atoms with Gasteiger partial charge in [-0.25, -0.2) is 4.99 Å². The maximum absolute atomic E-state index is 5.40. The fourth-order valence-electron chi connectivity index (χ4n) is 3.25. The van der Waals surface area contributed by atoms with Crippen LogP contribution in [0, 0.1) is 6.92 Å². The van der Waals surface area contributed by atoms with Crippen molar-refractivity contribution in [3.63, 3.8) is 0 Å². The van der Waals surface area contributed by atoms with Crippen LogP contribution < -0.4 is 10.6 Å². The number of aryl methyl sites for hydroxylation is 1. The molecule has 1 saturated heterocycles. The van der Waals surface area contributed by atoms with Gasteiger partial charge in [-0.1, -0.05) is 6.92 Å². The monoisotopic (exact) mass is 487 g/mol. The zero-order chi connectivity index (χ0) is 18.4. The van der Waals surface area contributed by atoms with Gasteiger partial charge in [0.1, 0.15) is 18.1 Å². The van der Waals surface area contributed by atoms with E-state index in [2.05, 4.69) is 32.7 Å². The van der Waals surface area contributed by atoms with Crippen molar-refractivity contribution >= 4 is 29.9 Å². The lowest BCUT2D eigenvalue weighted by atomic mass is 10.2. The molecule has 2 aromatic heterocycles. The Morgan fingerprint density at radius 1 is 1.37 bits per heavy atom. The summed E-state index contributed by atoms with van der Waals surface area (Å²) in [6.07, 6.45) is 4.18. The minimum atomic E-state index is 0. The van der Waals surface area contributed by atoms with Crippen molar-refractivity contribution in [1.82, 2.24) is 30.3 Å². The molecule has 2 N–H and O–H groups in total. The van der Waals surface area contributed by atoms with E-state index in [1.807, 2.05) is 30.7 Å². The molecule has 0 spiro atoms. The summed E-state index contributed by atoms with van der Waals surface area (Å²) in [6, 6.07) is 4.40. The van der Waals surface area contributed by atoms with Gasteiger partial charge in [0.15, 0.2) is 11.8 Å². The average Bonchev–Trinajstić information content (AvgIpc) is 3.38. The highest BCUT2D eigenvalue weighted by Gasteiger charge is 2.22. The van der Waals surface area contributed by atoms with E-state index in [1.54, 1.807) is 6.26 Å². The zero-order valence-corrected chi connectivity index (χ0v) is 18.6. The van der Waals surface area contributed by atoms with E-state index < -0.39 is 0 Å². The molecule has 0 aliphatic carbocycles. The Morgan fingerprint density at radius 2 is 2.22 bits per heavy atom. The molecule has 9 heteroatoms. The third-order valence-electron chi connectivity index (χ3n) is 4.98. The van der Waals surface area contributed by atoms with Crippen molar-refractivity contribution in [3.05, 3.63) is 35.8 Å². The molecule has 3 heterocycles. The van der Waals surface area contributed by atoms with Gasteiger partial charge in [-0.2, -0.15) is 0 Å². The molecular weight excluding hydrogens is 457 g/mol. The number of guanidine groups is 1. The Morgan fingerprint density at radius 3 is 2.89 bits per heavy atom. The highest BCUT2D eigenvalue weighted by Crippen LogP contribution is 2.15. The van der Waals surface area contributed by atoms with E-state index in [1.165, 1.54) is 19.4 Å². The Bertz CT molecular complexity index is 713. The Kier molecular flexibility index (Phi) is 8.55. The van der Waals surface area contributed by atoms with Crippen molar-refractivity contribution in [2.75, 3.05) is 19.6 Å². The minimum absolute atomic E-state index is 0. The van der Waals surface area contributed by atoms with Crippen LogP contribution >= 0.6 is 24.0 Å². The van der Waals surface area contributed by atoms with E-state index in [9.17, 15) is 0 Å². The first-order chi connectivity index (χ1) is 12.7. The lowest BCUT2D eigenvalue weighted by Crippen LogP contribution is -2.44. The Balaban J connectivity index is 0.00000261. The minimum Gasteiger partial charge on any atom is -0.467 e. The van der Waals surface area contributed by atoms with E-state index >= 15 is 0 Å². The summed E-state index contributed by atoms with van der Waals surface area (Å²) in [6.45, 7) is 8.40. The topological polar surface area (TPSA) is 83.5 Å². The second-order valence-electron chi connectivity index (χ2n) is 6.63. The van der Waals surface area contributed by atoms with Crippen LogP contribution in [0.25, 0.3) is 0 Å². The van der Waals surface area contributed by atoms with E-state index in [0.717, 1.165) is 36.5 Å². The van der Waals surface area contributed by atoms with Crippen LogP contribution in [0.1, 0.15) is 37.2 Å². The summed E-state index contributed by atoms with van der Waals surface area (Å²) in [5.74, 6) is 3.38. The smallest absolute Gasteiger partial charge is 0.192 e. The van der Waals surface area contributed by atoms with Crippen molar-refractivity contribution in [1.29, 1.82) is 0 Å². The van der Waals surface area contributed by atoms with Gasteiger partial charge in [0.05, 0.1) is 12.8 Å². The first kappa shape index (κ1) is 21.7. The average molecular weight is 487 g/mol. The molecule has 1 aliphatic heterocycles. The SMILES string of the molecule is CCN1CCCC1CNC(=NCc1nnc(C)n1C)NCc1ccco1.I. The summed E-state index contributed by atoms with van der Waals surface area (Å²) < 4.78 is 7.36. The van der Waals surface area contributed by atoms with Gasteiger partial charge in [0, 0.05) is 19.6 Å². The van der Waals surface area contributed by atoms with Gasteiger partial charge >= 0.3 is 0 Å². The molecule has 0 bridgehead atoms. The number of hydrogen-bond donors (Lipinski definition) is 2. The number of halogens is 1. The first-order valence-corrected chi connectivity index (χ1v) is 9.31. The van der Waals surface area contributed by atoms with Crippen LogP contribution in [-0.2, 0) is 20.1 Å². The highest BCUT2D eigenvalue weighted by molar-refractivity contribution is 14.0. The predicted molar refractivity (Wildman–Crippen MR) is 116 cm³/mol. The van der Waals surface area contributed by atoms with Crippen LogP contribution in [-0.4, -0.2) is 51.3 Å². The quantitative estimate of drug-likeness (QED) is 0.354. The normalized spacial score (nSPS) is 17.7. The molecule has 1 unspecified atom stereocenters. The molecule has 0 radical (unpaired) electrons. The maximum atomic E-state index is 5.40. The number of furan rings is 1. The summed E-state index contributed by atoms with van der Waals surface area (Å²) in [5, 5.41) is 15.1. The fraction of sp³-hybridized carbons (Fsp3) is 0.611. The Labute approximate surface area is 177 Å². The van der Waals surface area contributed by atoms with Crippen molar-refractivity contribution < 1.29 is 4.42 Å². The lowest BCUT2D eigenvalue weighted by molar-refractivity contribution is 0.267. The van der Waals surface area contributed by atoms with Crippen LogP contribution in [0.5, 0.6) is 0 Å². The molecule has 2 aromatic rings. The molecule has 1 atom stereocenters. The number of likely N-dealkylation sites (N-methyl/N-ethyl adjacent to an activating group) is 1. The molecule has 1 aliphatic rings. The number of rotatable bonds is 7. The zero-order valence-electron chi connectivity index (χ0n) is 16.3. The van der Waals surface area contributed by atoms with E-state index in [-0.39, 0.29) is 24.0 Å². The molecular formula is C18H30IN7O. The van der Waals surface area contributed by atoms with Gasteiger partial charge in [-0.3, -0.25) is 4.90 Å². The fourth-order valence-corrected chi connectivity index (χ4v) is 3.25. The molecule has 3 rings (SSSR count). The van der Waals surface area contributed by atoms with Gasteiger partial charge in [0.2, 0.25) is 0 Å². The second-order valence-corrected chi connectivity index (χ2v) is 6.63. The van der Waals surface area contributed by atoms with E-state index in [4.69, 9.17) is 9.41 Å². The number of aromatic nitrogens is 3. The second kappa shape index (κ2) is 10.6. The molecule has 150 valence electrons. The largest absolute Gasteiger partial charge is 0.467 e. The molecule has 27 heavy (non-hydrogen) atoms. The van der Waals surface area contributed by atoms with Gasteiger partial charge in [0.25, 0.3) is 0 Å². The number of nitrogens with zero attached hydrogens (tertiary/aromatic N) is 5. The van der Waals surface area contributed by atoms with Crippen molar-refractivity contribution in [3.8, 4) is 0 Å². The van der Waals surface area contributed by atoms with Crippen molar-refractivity contribution in [2.45, 2.75) is 45.8 Å². The van der Waals surface area contributed by atoms with Gasteiger partial charge < -0.3 is 19.6 Å². The molecule has 8 nitrogen and oxygen atoms in total. The van der Waals surface area contributed by atoms with Crippen LogP contribution in [0.3, 0.4) is 0 Å². The summed E-state index contributed by atoms with van der Waals surface area (Å²) >= 11 is 0. The molecule has 1 fully saturated rings. The summed E-state index contributed by atoms with van der Waals surface area (Å²) in [4.78, 5) is 7.21. The van der Waals surface area contributed by atoms with Gasteiger partial charge in [-0.05, 0) is 45.0 Å². The predicted octanol–water partition coefficient (Wildman–Crippen LogP) is 2.05. The third-order valence-corrected chi connectivity index (χ3v) is 4.98. The molecule has 0 aromatic carbocycles.